The van der Waals surface area contributed by atoms with Gasteiger partial charge >= 0.3 is 0 Å². The first-order valence-corrected chi connectivity index (χ1v) is 7.01. The molecule has 0 saturated carbocycles. The number of hydrogen-bond acceptors (Lipinski definition) is 2. The second-order valence-corrected chi connectivity index (χ2v) is 5.58. The Labute approximate surface area is 129 Å². The van der Waals surface area contributed by atoms with Crippen molar-refractivity contribution in [2.75, 3.05) is 7.05 Å². The fraction of sp³-hybridized carbons (Fsp3) is 0.154. The van der Waals surface area contributed by atoms with Crippen LogP contribution in [0.15, 0.2) is 34.9 Å². The lowest BCUT2D eigenvalue weighted by Crippen LogP contribution is -2.20. The smallest absolute Gasteiger partial charge is 0.142 e. The molecule has 0 aliphatic carbocycles. The van der Waals surface area contributed by atoms with Gasteiger partial charge < -0.3 is 5.32 Å². The Bertz CT molecular complexity index is 607. The standard InChI is InChI=1S/C13H10BrCl2FN2/c1-18-12(8-3-2-4-9(14)11(8)17)13-10(16)5-7(15)6-19-13/h2-6,12,18H,1H3. The Morgan fingerprint density at radius 3 is 2.74 bits per heavy atom. The van der Waals surface area contributed by atoms with Crippen molar-refractivity contribution < 1.29 is 4.39 Å². The van der Waals surface area contributed by atoms with Crippen LogP contribution < -0.4 is 5.32 Å². The third-order valence-electron chi connectivity index (χ3n) is 2.69. The van der Waals surface area contributed by atoms with Crippen molar-refractivity contribution in [3.8, 4) is 0 Å². The Kier molecular flexibility index (Phi) is 4.79. The second kappa shape index (κ2) is 6.18. The van der Waals surface area contributed by atoms with Crippen molar-refractivity contribution >= 4 is 39.1 Å². The maximum Gasteiger partial charge on any atom is 0.142 e. The van der Waals surface area contributed by atoms with Crippen molar-refractivity contribution in [3.63, 3.8) is 0 Å². The summed E-state index contributed by atoms with van der Waals surface area (Å²) in [4.78, 5) is 4.19. The maximum absolute atomic E-state index is 14.2. The van der Waals surface area contributed by atoms with E-state index in [0.717, 1.165) is 0 Å². The third kappa shape index (κ3) is 3.08. The summed E-state index contributed by atoms with van der Waals surface area (Å²) < 4.78 is 14.6. The van der Waals surface area contributed by atoms with Crippen LogP contribution in [0.5, 0.6) is 0 Å². The zero-order chi connectivity index (χ0) is 14.0. The Morgan fingerprint density at radius 2 is 2.11 bits per heavy atom. The number of halogens is 4. The van der Waals surface area contributed by atoms with Gasteiger partial charge in [0.2, 0.25) is 0 Å². The lowest BCUT2D eigenvalue weighted by Gasteiger charge is -2.18. The van der Waals surface area contributed by atoms with Gasteiger partial charge in [0.1, 0.15) is 5.82 Å². The number of nitrogens with zero attached hydrogens (tertiary/aromatic N) is 1. The van der Waals surface area contributed by atoms with Gasteiger partial charge in [-0.3, -0.25) is 4.98 Å². The molecular weight excluding hydrogens is 354 g/mol. The van der Waals surface area contributed by atoms with Crippen LogP contribution in [-0.2, 0) is 0 Å². The molecule has 0 aliphatic rings. The highest BCUT2D eigenvalue weighted by Crippen LogP contribution is 2.31. The molecule has 6 heteroatoms. The van der Waals surface area contributed by atoms with E-state index in [-0.39, 0.29) is 5.82 Å². The number of nitrogens with one attached hydrogen (secondary N) is 1. The van der Waals surface area contributed by atoms with Crippen LogP contribution in [0.2, 0.25) is 10.0 Å². The zero-order valence-corrected chi connectivity index (χ0v) is 13.0. The monoisotopic (exact) mass is 362 g/mol. The van der Waals surface area contributed by atoms with Crippen LogP contribution in [0, 0.1) is 5.82 Å². The summed E-state index contributed by atoms with van der Waals surface area (Å²) in [5.41, 5.74) is 0.999. The molecule has 100 valence electrons. The van der Waals surface area contributed by atoms with Gasteiger partial charge in [-0.05, 0) is 35.1 Å². The Balaban J connectivity index is 2.53. The van der Waals surface area contributed by atoms with Gasteiger partial charge in [0.15, 0.2) is 0 Å². The van der Waals surface area contributed by atoms with Crippen LogP contribution in [0.4, 0.5) is 4.39 Å². The number of rotatable bonds is 3. The molecule has 1 aromatic carbocycles. The first-order valence-electron chi connectivity index (χ1n) is 5.46. The molecule has 0 saturated heterocycles. The van der Waals surface area contributed by atoms with E-state index in [1.165, 1.54) is 6.20 Å². The number of aromatic nitrogens is 1. The molecule has 1 aromatic heterocycles. The Hall–Kier alpha value is -0.680. The number of pyridine rings is 1. The molecule has 0 amide bonds. The molecule has 1 unspecified atom stereocenters. The van der Waals surface area contributed by atoms with Crippen LogP contribution in [0.3, 0.4) is 0 Å². The first-order chi connectivity index (χ1) is 9.04. The minimum Gasteiger partial charge on any atom is -0.308 e. The summed E-state index contributed by atoms with van der Waals surface area (Å²) in [5, 5.41) is 3.85. The summed E-state index contributed by atoms with van der Waals surface area (Å²) in [6, 6.07) is 6.24. The lowest BCUT2D eigenvalue weighted by molar-refractivity contribution is 0.566. The van der Waals surface area contributed by atoms with Crippen molar-refractivity contribution in [1.29, 1.82) is 0 Å². The number of hydrogen-bond donors (Lipinski definition) is 1. The number of benzene rings is 1. The van der Waals surface area contributed by atoms with Gasteiger partial charge in [0.25, 0.3) is 0 Å². The molecule has 0 fully saturated rings. The predicted molar refractivity (Wildman–Crippen MR) is 79.3 cm³/mol. The SMILES string of the molecule is CNC(c1cccc(Br)c1F)c1ncc(Cl)cc1Cl. The molecular formula is C13H10BrCl2FN2. The molecule has 1 atom stereocenters. The molecule has 19 heavy (non-hydrogen) atoms. The highest BCUT2D eigenvalue weighted by atomic mass is 79.9. The van der Waals surface area contributed by atoms with Crippen molar-refractivity contribution in [2.24, 2.45) is 0 Å². The molecule has 0 spiro atoms. The van der Waals surface area contributed by atoms with E-state index >= 15 is 0 Å². The summed E-state index contributed by atoms with van der Waals surface area (Å²) in [6.07, 6.45) is 1.49. The topological polar surface area (TPSA) is 24.9 Å². The molecule has 0 bridgehead atoms. The molecule has 0 aliphatic heterocycles. The molecule has 0 radical (unpaired) electrons. The molecule has 2 aromatic rings. The highest BCUT2D eigenvalue weighted by Gasteiger charge is 2.21. The van der Waals surface area contributed by atoms with E-state index in [1.54, 1.807) is 31.3 Å². The minimum absolute atomic E-state index is 0.338. The minimum atomic E-state index is -0.442. The lowest BCUT2D eigenvalue weighted by atomic mass is 10.0. The van der Waals surface area contributed by atoms with Crippen LogP contribution in [-0.4, -0.2) is 12.0 Å². The van der Waals surface area contributed by atoms with Gasteiger partial charge in [-0.1, -0.05) is 35.3 Å². The fourth-order valence-electron chi connectivity index (χ4n) is 1.82. The van der Waals surface area contributed by atoms with Gasteiger partial charge in [-0.15, -0.1) is 0 Å². The molecule has 1 heterocycles. The van der Waals surface area contributed by atoms with E-state index in [4.69, 9.17) is 23.2 Å². The van der Waals surface area contributed by atoms with E-state index in [1.807, 2.05) is 0 Å². The molecule has 1 N–H and O–H groups in total. The summed E-state index contributed by atoms with van der Waals surface area (Å²) in [7, 11) is 1.72. The average molecular weight is 364 g/mol. The third-order valence-corrected chi connectivity index (χ3v) is 3.81. The highest BCUT2D eigenvalue weighted by molar-refractivity contribution is 9.10. The normalized spacial score (nSPS) is 12.5. The summed E-state index contributed by atoms with van der Waals surface area (Å²) >= 11 is 15.1. The van der Waals surface area contributed by atoms with Crippen LogP contribution in [0.25, 0.3) is 0 Å². The van der Waals surface area contributed by atoms with E-state index < -0.39 is 6.04 Å². The average Bonchev–Trinajstić information content (AvgIpc) is 2.37. The largest absolute Gasteiger partial charge is 0.308 e. The zero-order valence-electron chi connectivity index (χ0n) is 9.92. The van der Waals surface area contributed by atoms with Gasteiger partial charge in [0, 0.05) is 11.8 Å². The summed E-state index contributed by atoms with van der Waals surface area (Å²) in [5.74, 6) is -0.338. The first kappa shape index (κ1) is 14.7. The van der Waals surface area contributed by atoms with Crippen molar-refractivity contribution in [3.05, 3.63) is 62.1 Å². The van der Waals surface area contributed by atoms with E-state index in [0.29, 0.717) is 25.8 Å². The molecule has 2 nitrogen and oxygen atoms in total. The van der Waals surface area contributed by atoms with E-state index in [9.17, 15) is 4.39 Å². The van der Waals surface area contributed by atoms with E-state index in [2.05, 4.69) is 26.2 Å². The maximum atomic E-state index is 14.2. The van der Waals surface area contributed by atoms with Crippen LogP contribution in [0.1, 0.15) is 17.3 Å². The van der Waals surface area contributed by atoms with Crippen LogP contribution >= 0.6 is 39.1 Å². The van der Waals surface area contributed by atoms with Crippen molar-refractivity contribution in [2.45, 2.75) is 6.04 Å². The van der Waals surface area contributed by atoms with Gasteiger partial charge in [-0.2, -0.15) is 0 Å². The van der Waals surface area contributed by atoms with Crippen molar-refractivity contribution in [1.82, 2.24) is 10.3 Å². The Morgan fingerprint density at radius 1 is 1.37 bits per heavy atom. The second-order valence-electron chi connectivity index (χ2n) is 3.89. The van der Waals surface area contributed by atoms with Gasteiger partial charge in [-0.25, -0.2) is 4.39 Å². The molecule has 2 rings (SSSR count). The fourth-order valence-corrected chi connectivity index (χ4v) is 2.69. The predicted octanol–water partition coefficient (Wildman–Crippen LogP) is 4.60. The summed E-state index contributed by atoms with van der Waals surface area (Å²) in [6.45, 7) is 0. The van der Waals surface area contributed by atoms with Gasteiger partial charge in [0.05, 0.1) is 26.3 Å². The quantitative estimate of drug-likeness (QED) is 0.861.